The largest absolute Gasteiger partial charge is 0.294 e. The third-order valence-corrected chi connectivity index (χ3v) is 9.06. The topological polar surface area (TPSA) is 34.1 Å². The fourth-order valence-corrected chi connectivity index (χ4v) is 6.79. The Morgan fingerprint density at radius 3 is 2.84 bits per heavy atom. The van der Waals surface area contributed by atoms with Crippen molar-refractivity contribution in [1.82, 2.24) is 0 Å². The second kappa shape index (κ2) is 8.55. The van der Waals surface area contributed by atoms with Crippen LogP contribution in [0.15, 0.2) is 27.5 Å². The minimum absolute atomic E-state index is 0.0272. The van der Waals surface area contributed by atoms with Gasteiger partial charge < -0.3 is 0 Å². The van der Waals surface area contributed by atoms with E-state index in [1.54, 1.807) is 41.4 Å². The van der Waals surface area contributed by atoms with E-state index in [0.29, 0.717) is 27.2 Å². The maximum Gasteiger partial charge on any atom is 0.198 e. The van der Waals surface area contributed by atoms with Crippen LogP contribution in [0.4, 0.5) is 0 Å². The maximum absolute atomic E-state index is 13.2. The Kier molecular flexibility index (Phi) is 6.64. The molecule has 6 heteroatoms. The first-order chi connectivity index (χ1) is 12.1. The zero-order valence-corrected chi connectivity index (χ0v) is 17.6. The van der Waals surface area contributed by atoms with E-state index >= 15 is 0 Å². The van der Waals surface area contributed by atoms with Gasteiger partial charge in [0, 0.05) is 27.5 Å². The number of hydrogen-bond acceptors (Lipinski definition) is 5. The van der Waals surface area contributed by atoms with Gasteiger partial charge in [-0.05, 0) is 49.6 Å². The van der Waals surface area contributed by atoms with E-state index in [-0.39, 0.29) is 11.6 Å². The first-order valence-corrected chi connectivity index (χ1v) is 12.0. The van der Waals surface area contributed by atoms with Crippen LogP contribution in [0.1, 0.15) is 48.5 Å². The molecule has 1 aliphatic carbocycles. The summed E-state index contributed by atoms with van der Waals surface area (Å²) in [6, 6.07) is 3.77. The van der Waals surface area contributed by atoms with Crippen LogP contribution in [0.3, 0.4) is 0 Å². The van der Waals surface area contributed by atoms with Crippen LogP contribution >= 0.6 is 46.9 Å². The molecule has 0 spiro atoms. The summed E-state index contributed by atoms with van der Waals surface area (Å²) in [6.45, 7) is 2.13. The van der Waals surface area contributed by atoms with Crippen LogP contribution in [0.2, 0.25) is 5.02 Å². The minimum atomic E-state index is -0.187. The van der Waals surface area contributed by atoms with Crippen molar-refractivity contribution in [3.05, 3.63) is 38.8 Å². The molecule has 3 rings (SSSR count). The number of carbonyl (C=O) groups excluding carboxylic acids is 2. The number of thioether (sulfide) groups is 3. The average molecular weight is 413 g/mol. The van der Waals surface area contributed by atoms with Crippen molar-refractivity contribution in [2.75, 3.05) is 12.0 Å². The van der Waals surface area contributed by atoms with Gasteiger partial charge in [-0.1, -0.05) is 18.5 Å². The normalized spacial score (nSPS) is 18.4. The van der Waals surface area contributed by atoms with E-state index in [1.165, 1.54) is 0 Å². The van der Waals surface area contributed by atoms with E-state index < -0.39 is 0 Å². The number of hydrogen-bond donors (Lipinski definition) is 0. The summed E-state index contributed by atoms with van der Waals surface area (Å²) in [4.78, 5) is 27.9. The lowest BCUT2D eigenvalue weighted by atomic mass is 9.91. The smallest absolute Gasteiger partial charge is 0.198 e. The molecule has 0 saturated carbocycles. The predicted octanol–water partition coefficient (Wildman–Crippen LogP) is 6.01. The quantitative estimate of drug-likeness (QED) is 0.324. The molecule has 0 saturated heterocycles. The second-order valence-electron chi connectivity index (χ2n) is 6.10. The summed E-state index contributed by atoms with van der Waals surface area (Å²) in [7, 11) is 0. The van der Waals surface area contributed by atoms with Gasteiger partial charge in [0.1, 0.15) is 0 Å². The van der Waals surface area contributed by atoms with Crippen molar-refractivity contribution in [3.8, 4) is 0 Å². The Morgan fingerprint density at radius 1 is 1.32 bits per heavy atom. The van der Waals surface area contributed by atoms with Crippen LogP contribution in [0.25, 0.3) is 0 Å². The highest BCUT2D eigenvalue weighted by Gasteiger charge is 2.31. The molecule has 0 N–H and O–H groups in total. The second-order valence-corrected chi connectivity index (χ2v) is 10.2. The summed E-state index contributed by atoms with van der Waals surface area (Å²) < 4.78 is 0.371. The highest BCUT2D eigenvalue weighted by atomic mass is 35.5. The number of allylic oxidation sites excluding steroid dienone is 2. The number of rotatable bonds is 6. The van der Waals surface area contributed by atoms with E-state index in [1.807, 2.05) is 6.07 Å². The standard InChI is InChI=1S/C19H21ClO2S3/c1-3-16(23-2)25-15-6-4-5-13(21)17(15)19(22)12-7-8-14-11(18(12)20)9-10-24-14/h7-8,16H,3-6,9-10H2,1-2H3. The highest BCUT2D eigenvalue weighted by Crippen LogP contribution is 2.42. The van der Waals surface area contributed by atoms with Crippen LogP contribution in [-0.4, -0.2) is 28.2 Å². The Morgan fingerprint density at radius 2 is 2.12 bits per heavy atom. The Labute approximate surface area is 166 Å². The molecule has 25 heavy (non-hydrogen) atoms. The van der Waals surface area contributed by atoms with Gasteiger partial charge in [-0.2, -0.15) is 11.8 Å². The number of benzene rings is 1. The molecule has 0 aromatic heterocycles. The first kappa shape index (κ1) is 19.4. The molecule has 2 aliphatic rings. The van der Waals surface area contributed by atoms with Gasteiger partial charge in [0.2, 0.25) is 0 Å². The van der Waals surface area contributed by atoms with Crippen molar-refractivity contribution >= 4 is 58.5 Å². The summed E-state index contributed by atoms with van der Waals surface area (Å²) in [5.74, 6) is 0.787. The number of Topliss-reactive ketones (excluding diaryl/α,β-unsaturated/α-hetero) is 2. The van der Waals surface area contributed by atoms with Crippen molar-refractivity contribution in [3.63, 3.8) is 0 Å². The molecule has 1 aromatic rings. The molecule has 1 aromatic carbocycles. The molecule has 1 aliphatic heterocycles. The van der Waals surface area contributed by atoms with Gasteiger partial charge in [0.15, 0.2) is 11.6 Å². The first-order valence-electron chi connectivity index (χ1n) is 8.51. The molecule has 134 valence electrons. The molecule has 0 radical (unpaired) electrons. The molecule has 1 heterocycles. The molecule has 1 atom stereocenters. The number of fused-ring (bicyclic) bond motifs is 1. The molecular weight excluding hydrogens is 392 g/mol. The summed E-state index contributed by atoms with van der Waals surface area (Å²) in [5.41, 5.74) is 1.94. The third-order valence-electron chi connectivity index (χ3n) is 4.52. The van der Waals surface area contributed by atoms with Gasteiger partial charge in [0.05, 0.1) is 15.2 Å². The average Bonchev–Trinajstić information content (AvgIpc) is 3.09. The fourth-order valence-electron chi connectivity index (χ4n) is 3.19. The van der Waals surface area contributed by atoms with Crippen molar-refractivity contribution in [2.24, 2.45) is 0 Å². The molecule has 2 nitrogen and oxygen atoms in total. The minimum Gasteiger partial charge on any atom is -0.294 e. The predicted molar refractivity (Wildman–Crippen MR) is 111 cm³/mol. The van der Waals surface area contributed by atoms with Crippen LogP contribution < -0.4 is 0 Å². The number of halogens is 1. The zero-order valence-electron chi connectivity index (χ0n) is 14.4. The molecular formula is C19H21ClO2S3. The van der Waals surface area contributed by atoms with Crippen LogP contribution in [0.5, 0.6) is 0 Å². The monoisotopic (exact) mass is 412 g/mol. The molecule has 0 bridgehead atoms. The summed E-state index contributed by atoms with van der Waals surface area (Å²) >= 11 is 11.8. The number of ketones is 2. The van der Waals surface area contributed by atoms with Gasteiger partial charge in [0.25, 0.3) is 0 Å². The third kappa shape index (κ3) is 4.00. The van der Waals surface area contributed by atoms with Crippen molar-refractivity contribution in [1.29, 1.82) is 0 Å². The lowest BCUT2D eigenvalue weighted by molar-refractivity contribution is -0.115. The van der Waals surface area contributed by atoms with Crippen molar-refractivity contribution < 1.29 is 9.59 Å². The van der Waals surface area contributed by atoms with Gasteiger partial charge in [-0.25, -0.2) is 0 Å². The Bertz CT molecular complexity index is 738. The van der Waals surface area contributed by atoms with Crippen LogP contribution in [0, 0.1) is 0 Å². The van der Waals surface area contributed by atoms with Crippen LogP contribution in [-0.2, 0) is 11.2 Å². The van der Waals surface area contributed by atoms with E-state index in [2.05, 4.69) is 13.2 Å². The zero-order chi connectivity index (χ0) is 18.0. The fraction of sp³-hybridized carbons (Fsp3) is 0.474. The van der Waals surface area contributed by atoms with Gasteiger partial charge >= 0.3 is 0 Å². The summed E-state index contributed by atoms with van der Waals surface area (Å²) in [6.07, 6.45) is 6.06. The Balaban J connectivity index is 2.00. The van der Waals surface area contributed by atoms with Gasteiger partial charge in [-0.15, -0.1) is 23.5 Å². The lowest BCUT2D eigenvalue weighted by Crippen LogP contribution is -2.20. The van der Waals surface area contributed by atoms with Crippen molar-refractivity contribution in [2.45, 2.75) is 48.5 Å². The maximum atomic E-state index is 13.2. The lowest BCUT2D eigenvalue weighted by Gasteiger charge is -2.22. The van der Waals surface area contributed by atoms with E-state index in [4.69, 9.17) is 11.6 Å². The highest BCUT2D eigenvalue weighted by molar-refractivity contribution is 8.18. The van der Waals surface area contributed by atoms with Gasteiger partial charge in [-0.3, -0.25) is 9.59 Å². The summed E-state index contributed by atoms with van der Waals surface area (Å²) in [5, 5.41) is 0.541. The molecule has 0 amide bonds. The number of carbonyl (C=O) groups is 2. The van der Waals surface area contributed by atoms with E-state index in [0.717, 1.165) is 46.8 Å². The molecule has 1 unspecified atom stereocenters. The Hall–Kier alpha value is -0.360. The SMILES string of the molecule is CCC(SC)SC1=C(C(=O)c2ccc3c(c2Cl)CCS3)C(=O)CCC1. The van der Waals surface area contributed by atoms with E-state index in [9.17, 15) is 9.59 Å². The molecule has 0 fully saturated rings.